The van der Waals surface area contributed by atoms with Crippen LogP contribution in [0.15, 0.2) is 60.7 Å². The van der Waals surface area contributed by atoms with E-state index in [1.807, 2.05) is 67.2 Å². The minimum atomic E-state index is 0.126. The van der Waals surface area contributed by atoms with E-state index in [9.17, 15) is 4.79 Å². The van der Waals surface area contributed by atoms with Gasteiger partial charge in [0, 0.05) is 18.7 Å². The molecule has 0 aliphatic heterocycles. The second kappa shape index (κ2) is 7.61. The van der Waals surface area contributed by atoms with Crippen molar-refractivity contribution in [3.8, 4) is 16.9 Å². The smallest absolute Gasteiger partial charge is 0.258 e. The molecule has 4 fully saturated rings. The zero-order chi connectivity index (χ0) is 21.8. The van der Waals surface area contributed by atoms with E-state index in [1.165, 1.54) is 32.1 Å². The maximum Gasteiger partial charge on any atom is 0.258 e. The van der Waals surface area contributed by atoms with E-state index in [0.29, 0.717) is 17.9 Å². The Bertz CT molecular complexity index is 1110. The van der Waals surface area contributed by atoms with Gasteiger partial charge in [0.2, 0.25) is 0 Å². The summed E-state index contributed by atoms with van der Waals surface area (Å²) in [6.45, 7) is 2.03. The van der Waals surface area contributed by atoms with Gasteiger partial charge in [0.1, 0.15) is 5.69 Å². The SMILES string of the molecule is Cc1c(C(=O)N(C)C2C3CC4CC(C3)CC2C4)c(-c2ccccc2)nn1-c1ccccc1. The van der Waals surface area contributed by atoms with Gasteiger partial charge in [0.05, 0.1) is 16.9 Å². The van der Waals surface area contributed by atoms with Crippen LogP contribution < -0.4 is 0 Å². The first-order valence-corrected chi connectivity index (χ1v) is 12.1. The maximum atomic E-state index is 14.1. The van der Waals surface area contributed by atoms with Gasteiger partial charge < -0.3 is 4.90 Å². The van der Waals surface area contributed by atoms with E-state index in [4.69, 9.17) is 5.10 Å². The molecule has 1 amide bonds. The number of hydrogen-bond donors (Lipinski definition) is 0. The lowest BCUT2D eigenvalue weighted by atomic mass is 9.54. The van der Waals surface area contributed by atoms with Crippen LogP contribution in [0.25, 0.3) is 16.9 Å². The van der Waals surface area contributed by atoms with Gasteiger partial charge in [-0.1, -0.05) is 48.5 Å². The van der Waals surface area contributed by atoms with Gasteiger partial charge >= 0.3 is 0 Å². The van der Waals surface area contributed by atoms with Crippen molar-refractivity contribution in [2.24, 2.45) is 23.7 Å². The molecule has 0 radical (unpaired) electrons. The summed E-state index contributed by atoms with van der Waals surface area (Å²) in [5, 5.41) is 4.96. The van der Waals surface area contributed by atoms with Gasteiger partial charge in [0.25, 0.3) is 5.91 Å². The van der Waals surface area contributed by atoms with E-state index in [-0.39, 0.29) is 5.91 Å². The molecule has 4 bridgehead atoms. The zero-order valence-corrected chi connectivity index (χ0v) is 18.9. The molecule has 4 heteroatoms. The second-order valence-electron chi connectivity index (χ2n) is 10.3. The largest absolute Gasteiger partial charge is 0.338 e. The molecule has 7 rings (SSSR count). The van der Waals surface area contributed by atoms with E-state index < -0.39 is 0 Å². The molecule has 1 aromatic heterocycles. The normalized spacial score (nSPS) is 28.1. The van der Waals surface area contributed by atoms with Crippen molar-refractivity contribution < 1.29 is 4.79 Å². The summed E-state index contributed by atoms with van der Waals surface area (Å²) < 4.78 is 1.93. The fourth-order valence-electron chi connectivity index (χ4n) is 7.22. The van der Waals surface area contributed by atoms with Crippen LogP contribution in [-0.4, -0.2) is 33.7 Å². The summed E-state index contributed by atoms with van der Waals surface area (Å²) in [6, 6.07) is 20.6. The van der Waals surface area contributed by atoms with E-state index >= 15 is 0 Å². The van der Waals surface area contributed by atoms with Crippen LogP contribution in [0.2, 0.25) is 0 Å². The van der Waals surface area contributed by atoms with Gasteiger partial charge in [-0.05, 0) is 74.8 Å². The quantitative estimate of drug-likeness (QED) is 0.534. The lowest BCUT2D eigenvalue weighted by Gasteiger charge is -2.56. The molecule has 1 heterocycles. The summed E-state index contributed by atoms with van der Waals surface area (Å²) in [7, 11) is 2.04. The minimum Gasteiger partial charge on any atom is -0.338 e. The molecule has 4 saturated carbocycles. The number of amides is 1. The summed E-state index contributed by atoms with van der Waals surface area (Å²) in [6.07, 6.45) is 6.66. The molecule has 0 spiro atoms. The third-order valence-electron chi connectivity index (χ3n) is 8.32. The maximum absolute atomic E-state index is 14.1. The monoisotopic (exact) mass is 425 g/mol. The molecule has 0 N–H and O–H groups in total. The number of para-hydroxylation sites is 1. The van der Waals surface area contributed by atoms with E-state index in [1.54, 1.807) is 0 Å². The number of nitrogens with zero attached hydrogens (tertiary/aromatic N) is 3. The first-order valence-electron chi connectivity index (χ1n) is 12.1. The molecule has 4 aliphatic rings. The summed E-state index contributed by atoms with van der Waals surface area (Å²) in [5.74, 6) is 3.27. The Labute approximate surface area is 190 Å². The van der Waals surface area contributed by atoms with Crippen molar-refractivity contribution in [1.29, 1.82) is 0 Å². The van der Waals surface area contributed by atoms with Crippen LogP contribution in [-0.2, 0) is 0 Å². The zero-order valence-electron chi connectivity index (χ0n) is 18.9. The summed E-state index contributed by atoms with van der Waals surface area (Å²) >= 11 is 0. The molecule has 4 nitrogen and oxygen atoms in total. The Morgan fingerprint density at radius 2 is 1.44 bits per heavy atom. The second-order valence-corrected chi connectivity index (χ2v) is 10.3. The number of carbonyl (C=O) groups is 1. The first-order chi connectivity index (χ1) is 15.6. The Balaban J connectivity index is 1.42. The van der Waals surface area contributed by atoms with Crippen LogP contribution in [0, 0.1) is 30.6 Å². The molecule has 164 valence electrons. The number of benzene rings is 2. The fourth-order valence-corrected chi connectivity index (χ4v) is 7.22. The van der Waals surface area contributed by atoms with Crippen LogP contribution in [0.4, 0.5) is 0 Å². The molecular formula is C28H31N3O. The third kappa shape index (κ3) is 3.11. The highest BCUT2D eigenvalue weighted by Gasteiger charge is 2.50. The van der Waals surface area contributed by atoms with E-state index in [2.05, 4.69) is 17.0 Å². The molecule has 3 aromatic rings. The number of hydrogen-bond acceptors (Lipinski definition) is 2. The predicted molar refractivity (Wildman–Crippen MR) is 127 cm³/mol. The van der Waals surface area contributed by atoms with Gasteiger partial charge in [0.15, 0.2) is 0 Å². The number of aromatic nitrogens is 2. The van der Waals surface area contributed by atoms with Crippen molar-refractivity contribution in [3.63, 3.8) is 0 Å². The molecule has 0 saturated heterocycles. The Morgan fingerprint density at radius 1 is 0.875 bits per heavy atom. The highest BCUT2D eigenvalue weighted by molar-refractivity contribution is 6.01. The molecule has 2 aromatic carbocycles. The minimum absolute atomic E-state index is 0.126. The molecule has 4 aliphatic carbocycles. The topological polar surface area (TPSA) is 38.1 Å². The first kappa shape index (κ1) is 19.8. The molecule has 0 atom stereocenters. The Kier molecular flexibility index (Phi) is 4.71. The average Bonchev–Trinajstić information content (AvgIpc) is 3.16. The van der Waals surface area contributed by atoms with Crippen molar-refractivity contribution in [1.82, 2.24) is 14.7 Å². The van der Waals surface area contributed by atoms with Gasteiger partial charge in [-0.25, -0.2) is 4.68 Å². The van der Waals surface area contributed by atoms with Gasteiger partial charge in [-0.15, -0.1) is 0 Å². The lowest BCUT2D eigenvalue weighted by molar-refractivity contribution is -0.0491. The van der Waals surface area contributed by atoms with E-state index in [0.717, 1.165) is 40.0 Å². The van der Waals surface area contributed by atoms with Crippen molar-refractivity contribution >= 4 is 5.91 Å². The van der Waals surface area contributed by atoms with Crippen LogP contribution in [0.1, 0.15) is 48.2 Å². The number of rotatable bonds is 4. The lowest BCUT2D eigenvalue weighted by Crippen LogP contribution is -2.56. The molecular weight excluding hydrogens is 394 g/mol. The van der Waals surface area contributed by atoms with Gasteiger partial charge in [-0.3, -0.25) is 4.79 Å². The Hall–Kier alpha value is -2.88. The summed E-state index contributed by atoms with van der Waals surface area (Å²) in [4.78, 5) is 16.2. The van der Waals surface area contributed by atoms with Crippen molar-refractivity contribution in [2.45, 2.75) is 45.1 Å². The average molecular weight is 426 g/mol. The molecule has 32 heavy (non-hydrogen) atoms. The standard InChI is InChI=1S/C28H31N3O/c1-18-25(28(32)30(2)27-22-14-19-13-20(16-22)17-23(27)15-19)26(21-9-5-3-6-10-21)29-31(18)24-11-7-4-8-12-24/h3-12,19-20,22-23,27H,13-17H2,1-2H3. The van der Waals surface area contributed by atoms with Crippen LogP contribution >= 0.6 is 0 Å². The highest BCUT2D eigenvalue weighted by atomic mass is 16.2. The van der Waals surface area contributed by atoms with Crippen molar-refractivity contribution in [2.75, 3.05) is 7.05 Å². The predicted octanol–water partition coefficient (Wildman–Crippen LogP) is 5.74. The number of carbonyl (C=O) groups excluding carboxylic acids is 1. The highest BCUT2D eigenvalue weighted by Crippen LogP contribution is 2.55. The van der Waals surface area contributed by atoms with Crippen molar-refractivity contribution in [3.05, 3.63) is 71.9 Å². The van der Waals surface area contributed by atoms with Crippen LogP contribution in [0.5, 0.6) is 0 Å². The Morgan fingerprint density at radius 3 is 2.03 bits per heavy atom. The fraction of sp³-hybridized carbons (Fsp3) is 0.429. The van der Waals surface area contributed by atoms with Gasteiger partial charge in [-0.2, -0.15) is 5.10 Å². The molecule has 0 unspecified atom stereocenters. The van der Waals surface area contributed by atoms with Crippen LogP contribution in [0.3, 0.4) is 0 Å². The summed E-state index contributed by atoms with van der Waals surface area (Å²) in [5.41, 5.74) is 4.42. The third-order valence-corrected chi connectivity index (χ3v) is 8.32.